The van der Waals surface area contributed by atoms with Crippen molar-refractivity contribution in [1.82, 2.24) is 10.2 Å². The van der Waals surface area contributed by atoms with Gasteiger partial charge >= 0.3 is 6.09 Å². The molecule has 0 aromatic carbocycles. The van der Waals surface area contributed by atoms with Gasteiger partial charge in [0, 0.05) is 6.54 Å². The number of primary amides is 1. The van der Waals surface area contributed by atoms with Gasteiger partial charge in [0.2, 0.25) is 11.8 Å². The number of nitrogens with one attached hydrogen (secondary N) is 1. The smallest absolute Gasteiger partial charge is 0.408 e. The highest BCUT2D eigenvalue weighted by Gasteiger charge is 2.44. The van der Waals surface area contributed by atoms with Gasteiger partial charge in [-0.25, -0.2) is 4.79 Å². The van der Waals surface area contributed by atoms with E-state index in [-0.39, 0.29) is 18.4 Å². The van der Waals surface area contributed by atoms with Crippen molar-refractivity contribution in [2.75, 3.05) is 13.1 Å². The summed E-state index contributed by atoms with van der Waals surface area (Å²) < 4.78 is 5.20. The summed E-state index contributed by atoms with van der Waals surface area (Å²) in [6, 6.07) is -0.585. The second kappa shape index (κ2) is 6.37. The molecule has 1 saturated carbocycles. The van der Waals surface area contributed by atoms with Crippen molar-refractivity contribution < 1.29 is 19.1 Å². The predicted molar refractivity (Wildman–Crippen MR) is 79.7 cm³/mol. The van der Waals surface area contributed by atoms with E-state index in [1.807, 2.05) is 6.92 Å². The molecule has 22 heavy (non-hydrogen) atoms. The highest BCUT2D eigenvalue weighted by Crippen LogP contribution is 2.40. The molecule has 2 rings (SSSR count). The Hall–Kier alpha value is -2.05. The molecule has 0 spiro atoms. The standard InChI is InChI=1S/C15H23N3O4/c1-3-10-5-8-18(12(10)13(16)20)11(19)9-17-14(21)22-15(4-2)6-7-15/h4,10,12H,2-3,5-9H2,1H3,(H2,16,20)(H,17,21)/t10?,12-/m0/s1. The Labute approximate surface area is 129 Å². The lowest BCUT2D eigenvalue weighted by Gasteiger charge is -2.25. The first kappa shape index (κ1) is 16.3. The molecule has 2 atom stereocenters. The van der Waals surface area contributed by atoms with Crippen LogP contribution in [0.15, 0.2) is 12.7 Å². The quantitative estimate of drug-likeness (QED) is 0.699. The zero-order valence-electron chi connectivity index (χ0n) is 12.8. The summed E-state index contributed by atoms with van der Waals surface area (Å²) in [5, 5.41) is 2.43. The molecule has 2 fully saturated rings. The lowest BCUT2D eigenvalue weighted by molar-refractivity contribution is -0.137. The number of nitrogens with two attached hydrogens (primary N) is 1. The van der Waals surface area contributed by atoms with E-state index in [9.17, 15) is 14.4 Å². The average molecular weight is 309 g/mol. The van der Waals surface area contributed by atoms with Crippen LogP contribution in [0.5, 0.6) is 0 Å². The van der Waals surface area contributed by atoms with Crippen LogP contribution in [0.2, 0.25) is 0 Å². The fourth-order valence-electron chi connectivity index (χ4n) is 2.89. The monoisotopic (exact) mass is 309 g/mol. The molecule has 0 bridgehead atoms. The molecule has 1 aliphatic heterocycles. The number of rotatable bonds is 6. The van der Waals surface area contributed by atoms with E-state index in [1.165, 1.54) is 4.90 Å². The summed E-state index contributed by atoms with van der Waals surface area (Å²) in [7, 11) is 0. The van der Waals surface area contributed by atoms with Gasteiger partial charge < -0.3 is 20.7 Å². The second-order valence-corrected chi connectivity index (χ2v) is 5.90. The largest absolute Gasteiger partial charge is 0.439 e. The molecule has 0 aromatic heterocycles. The van der Waals surface area contributed by atoms with E-state index in [2.05, 4.69) is 11.9 Å². The van der Waals surface area contributed by atoms with Crippen LogP contribution in [0.3, 0.4) is 0 Å². The van der Waals surface area contributed by atoms with Gasteiger partial charge in [0.15, 0.2) is 0 Å². The molecule has 7 nitrogen and oxygen atoms in total. The molecule has 2 aliphatic rings. The van der Waals surface area contributed by atoms with Crippen LogP contribution in [0.4, 0.5) is 4.79 Å². The van der Waals surface area contributed by atoms with Crippen molar-refractivity contribution in [2.45, 2.75) is 44.2 Å². The molecule has 3 N–H and O–H groups in total. The van der Waals surface area contributed by atoms with E-state index < -0.39 is 23.6 Å². The van der Waals surface area contributed by atoms with Crippen LogP contribution in [-0.2, 0) is 14.3 Å². The first-order valence-corrected chi connectivity index (χ1v) is 7.61. The van der Waals surface area contributed by atoms with Gasteiger partial charge in [-0.2, -0.15) is 0 Å². The Morgan fingerprint density at radius 3 is 2.64 bits per heavy atom. The van der Waals surface area contributed by atoms with Crippen molar-refractivity contribution >= 4 is 17.9 Å². The molecule has 0 radical (unpaired) electrons. The van der Waals surface area contributed by atoms with Crippen LogP contribution < -0.4 is 11.1 Å². The number of carbonyl (C=O) groups is 3. The second-order valence-electron chi connectivity index (χ2n) is 5.90. The number of carbonyl (C=O) groups excluding carboxylic acids is 3. The van der Waals surface area contributed by atoms with Crippen molar-refractivity contribution in [2.24, 2.45) is 11.7 Å². The van der Waals surface area contributed by atoms with E-state index in [0.717, 1.165) is 25.7 Å². The highest BCUT2D eigenvalue weighted by atomic mass is 16.6. The summed E-state index contributed by atoms with van der Waals surface area (Å²) in [5.41, 5.74) is 4.84. The predicted octanol–water partition coefficient (Wildman–Crippen LogP) is 0.544. The Morgan fingerprint density at radius 2 is 2.14 bits per heavy atom. The number of amides is 3. The van der Waals surface area contributed by atoms with Gasteiger partial charge in [-0.1, -0.05) is 19.9 Å². The molecule has 1 saturated heterocycles. The van der Waals surface area contributed by atoms with Gasteiger partial charge in [-0.3, -0.25) is 9.59 Å². The molecular weight excluding hydrogens is 286 g/mol. The number of hydrogen-bond donors (Lipinski definition) is 2. The summed E-state index contributed by atoms with van der Waals surface area (Å²) in [6.45, 7) is 5.87. The van der Waals surface area contributed by atoms with E-state index in [0.29, 0.717) is 6.54 Å². The van der Waals surface area contributed by atoms with Crippen LogP contribution >= 0.6 is 0 Å². The van der Waals surface area contributed by atoms with Crippen molar-refractivity contribution in [3.05, 3.63) is 12.7 Å². The fraction of sp³-hybridized carbons (Fsp3) is 0.667. The minimum absolute atomic E-state index is 0.0869. The van der Waals surface area contributed by atoms with Crippen LogP contribution in [0, 0.1) is 5.92 Å². The first-order chi connectivity index (χ1) is 10.4. The number of ether oxygens (including phenoxy) is 1. The summed E-state index contributed by atoms with van der Waals surface area (Å²) in [5.74, 6) is -0.729. The van der Waals surface area contributed by atoms with Crippen LogP contribution in [-0.4, -0.2) is 47.5 Å². The molecule has 7 heteroatoms. The lowest BCUT2D eigenvalue weighted by atomic mass is 9.97. The number of likely N-dealkylation sites (tertiary alicyclic amines) is 1. The summed E-state index contributed by atoms with van der Waals surface area (Å²) in [4.78, 5) is 36.9. The third-order valence-electron chi connectivity index (χ3n) is 4.45. The molecule has 3 amide bonds. The van der Waals surface area contributed by atoms with E-state index in [1.54, 1.807) is 6.08 Å². The maximum Gasteiger partial charge on any atom is 0.408 e. The molecule has 1 unspecified atom stereocenters. The number of nitrogens with zero attached hydrogens (tertiary/aromatic N) is 1. The average Bonchev–Trinajstić information content (AvgIpc) is 3.12. The Bertz CT molecular complexity index is 487. The zero-order valence-corrected chi connectivity index (χ0v) is 12.8. The third-order valence-corrected chi connectivity index (χ3v) is 4.45. The van der Waals surface area contributed by atoms with Gasteiger partial charge in [0.05, 0.1) is 0 Å². The minimum atomic E-state index is -0.646. The lowest BCUT2D eigenvalue weighted by Crippen LogP contribution is -2.49. The molecule has 122 valence electrons. The van der Waals surface area contributed by atoms with Crippen LogP contribution in [0.1, 0.15) is 32.6 Å². The van der Waals surface area contributed by atoms with Gasteiger partial charge in [-0.05, 0) is 31.3 Å². The Kier molecular flexibility index (Phi) is 4.73. The topological polar surface area (TPSA) is 102 Å². The zero-order chi connectivity index (χ0) is 16.3. The third kappa shape index (κ3) is 3.40. The summed E-state index contributed by atoms with van der Waals surface area (Å²) >= 11 is 0. The van der Waals surface area contributed by atoms with Gasteiger partial charge in [-0.15, -0.1) is 0 Å². The fourth-order valence-corrected chi connectivity index (χ4v) is 2.89. The molecule has 0 aromatic rings. The van der Waals surface area contributed by atoms with E-state index >= 15 is 0 Å². The van der Waals surface area contributed by atoms with Gasteiger partial charge in [0.25, 0.3) is 0 Å². The Balaban J connectivity index is 1.85. The first-order valence-electron chi connectivity index (χ1n) is 7.61. The van der Waals surface area contributed by atoms with Crippen LogP contribution in [0.25, 0.3) is 0 Å². The van der Waals surface area contributed by atoms with Crippen molar-refractivity contribution in [3.8, 4) is 0 Å². The van der Waals surface area contributed by atoms with Crippen molar-refractivity contribution in [3.63, 3.8) is 0 Å². The van der Waals surface area contributed by atoms with Crippen molar-refractivity contribution in [1.29, 1.82) is 0 Å². The van der Waals surface area contributed by atoms with Gasteiger partial charge in [0.1, 0.15) is 18.2 Å². The summed E-state index contributed by atoms with van der Waals surface area (Å²) in [6.07, 6.45) is 4.00. The highest BCUT2D eigenvalue weighted by molar-refractivity contribution is 5.89. The number of alkyl carbamates (subject to hydrolysis) is 1. The Morgan fingerprint density at radius 1 is 1.45 bits per heavy atom. The normalized spacial score (nSPS) is 25.4. The van der Waals surface area contributed by atoms with E-state index in [4.69, 9.17) is 10.5 Å². The molecular formula is C15H23N3O4. The SMILES string of the molecule is C=CC1(OC(=O)NCC(=O)N2CCC(CC)[C@H]2C(N)=O)CC1. The maximum absolute atomic E-state index is 12.2. The maximum atomic E-state index is 12.2. The molecule has 1 heterocycles. The minimum Gasteiger partial charge on any atom is -0.439 e. The molecule has 1 aliphatic carbocycles. The number of hydrogen-bond acceptors (Lipinski definition) is 4.